The average molecular weight is 441 g/mol. The molecule has 6 rings (SSSR count). The van der Waals surface area contributed by atoms with Crippen molar-refractivity contribution < 1.29 is 28.6 Å². The zero-order valence-corrected chi connectivity index (χ0v) is 19.4. The maximum absolute atomic E-state index is 13.0. The van der Waals surface area contributed by atoms with Gasteiger partial charge in [0.1, 0.15) is 11.7 Å². The number of fused-ring (bicyclic) bond motifs is 3. The van der Waals surface area contributed by atoms with E-state index in [4.69, 9.17) is 13.9 Å². The number of epoxide rings is 1. The Hall–Kier alpha value is -1.92. The van der Waals surface area contributed by atoms with Crippen LogP contribution in [0, 0.1) is 33.5 Å². The van der Waals surface area contributed by atoms with Crippen LogP contribution >= 0.6 is 0 Å². The van der Waals surface area contributed by atoms with Crippen molar-refractivity contribution >= 4 is 11.8 Å². The highest BCUT2D eigenvalue weighted by atomic mass is 16.7. The summed E-state index contributed by atoms with van der Waals surface area (Å²) in [6.07, 6.45) is 7.39. The van der Waals surface area contributed by atoms with Crippen molar-refractivity contribution in [2.45, 2.75) is 77.8 Å². The van der Waals surface area contributed by atoms with E-state index in [2.05, 4.69) is 26.8 Å². The lowest BCUT2D eigenvalue weighted by Gasteiger charge is -2.68. The van der Waals surface area contributed by atoms with E-state index in [-0.39, 0.29) is 29.0 Å². The van der Waals surface area contributed by atoms with E-state index in [9.17, 15) is 14.7 Å². The van der Waals surface area contributed by atoms with Crippen molar-refractivity contribution in [3.63, 3.8) is 0 Å². The van der Waals surface area contributed by atoms with E-state index in [1.54, 1.807) is 18.6 Å². The largest absolute Gasteiger partial charge is 0.472 e. The third-order valence-corrected chi connectivity index (χ3v) is 10.6. The molecule has 3 aliphatic carbocycles. The van der Waals surface area contributed by atoms with Crippen molar-refractivity contribution in [2.24, 2.45) is 33.5 Å². The Kier molecular flexibility index (Phi) is 3.72. The molecule has 1 aromatic rings. The minimum atomic E-state index is -0.812. The van der Waals surface area contributed by atoms with Crippen LogP contribution in [0.25, 0.3) is 0 Å². The fourth-order valence-electron chi connectivity index (χ4n) is 8.86. The first-order chi connectivity index (χ1) is 14.9. The SMILES string of the molecule is CC1(C)C(=O)C=C[C@]2(C)[C@H]1C[C@@H](O)[C@@]1(C)[C@H]2CC[C@]2(C)[C@H](c3ccoc3)OC(=O)[C@@H]3O[C@@]312. The summed E-state index contributed by atoms with van der Waals surface area (Å²) in [7, 11) is 0. The number of ether oxygens (including phenoxy) is 2. The molecule has 9 atom stereocenters. The molecule has 32 heavy (non-hydrogen) atoms. The van der Waals surface area contributed by atoms with Gasteiger partial charge in [0.05, 0.1) is 18.6 Å². The summed E-state index contributed by atoms with van der Waals surface area (Å²) >= 11 is 0. The standard InChI is InChI=1S/C26H32O6/c1-22(2)16-12-18(28)25(5)15(23(16,3)9-7-17(22)27)6-10-24(4)19(14-8-11-30-13-14)31-21(29)20-26(24,25)32-20/h7-9,11,13,15-16,18-20,28H,6,10,12H2,1-5H3/t15-,16-,18+,19-,20-,23-,24+,25+,26+/m0/s1. The molecule has 172 valence electrons. The second-order valence-corrected chi connectivity index (χ2v) is 12.0. The van der Waals surface area contributed by atoms with Gasteiger partial charge in [-0.15, -0.1) is 0 Å². The van der Waals surface area contributed by atoms with Gasteiger partial charge in [-0.05, 0) is 48.7 Å². The lowest BCUT2D eigenvalue weighted by Crippen LogP contribution is -2.72. The molecule has 2 aliphatic heterocycles. The average Bonchev–Trinajstić information content (AvgIpc) is 3.30. The van der Waals surface area contributed by atoms with Crippen LogP contribution < -0.4 is 0 Å². The number of aliphatic hydroxyl groups is 1. The Morgan fingerprint density at radius 1 is 1.06 bits per heavy atom. The number of aliphatic hydroxyl groups excluding tert-OH is 1. The van der Waals surface area contributed by atoms with E-state index in [1.807, 2.05) is 19.9 Å². The topological polar surface area (TPSA) is 89.3 Å². The molecular formula is C26H32O6. The Balaban J connectivity index is 1.52. The minimum Gasteiger partial charge on any atom is -0.472 e. The van der Waals surface area contributed by atoms with Crippen LogP contribution in [0.15, 0.2) is 35.2 Å². The van der Waals surface area contributed by atoms with Gasteiger partial charge in [-0.1, -0.05) is 40.7 Å². The monoisotopic (exact) mass is 440 g/mol. The number of hydrogen-bond acceptors (Lipinski definition) is 6. The summed E-state index contributed by atoms with van der Waals surface area (Å²) in [6.45, 7) is 10.5. The molecule has 1 aromatic heterocycles. The first-order valence-corrected chi connectivity index (χ1v) is 11.8. The van der Waals surface area contributed by atoms with Gasteiger partial charge in [-0.25, -0.2) is 4.79 Å². The van der Waals surface area contributed by atoms with E-state index < -0.39 is 40.2 Å². The van der Waals surface area contributed by atoms with Crippen molar-refractivity contribution in [3.05, 3.63) is 36.3 Å². The Labute approximate surface area is 188 Å². The molecule has 1 N–H and O–H groups in total. The molecule has 2 saturated carbocycles. The molecule has 2 saturated heterocycles. The summed E-state index contributed by atoms with van der Waals surface area (Å²) < 4.78 is 17.6. The number of carbonyl (C=O) groups excluding carboxylic acids is 2. The summed E-state index contributed by atoms with van der Waals surface area (Å²) in [4.78, 5) is 25.8. The van der Waals surface area contributed by atoms with Crippen LogP contribution in [0.5, 0.6) is 0 Å². The molecule has 0 aromatic carbocycles. The zero-order chi connectivity index (χ0) is 22.9. The van der Waals surface area contributed by atoms with Crippen LogP contribution in [-0.4, -0.2) is 34.7 Å². The zero-order valence-electron chi connectivity index (χ0n) is 19.4. The van der Waals surface area contributed by atoms with Crippen LogP contribution in [0.1, 0.15) is 65.5 Å². The number of allylic oxidation sites excluding steroid dienone is 2. The first-order valence-electron chi connectivity index (χ1n) is 11.8. The number of furan rings is 1. The molecule has 6 nitrogen and oxygen atoms in total. The van der Waals surface area contributed by atoms with Crippen LogP contribution in [0.3, 0.4) is 0 Å². The van der Waals surface area contributed by atoms with Crippen molar-refractivity contribution in [3.8, 4) is 0 Å². The van der Waals surface area contributed by atoms with E-state index in [0.29, 0.717) is 6.42 Å². The van der Waals surface area contributed by atoms with Gasteiger partial charge in [0.25, 0.3) is 0 Å². The van der Waals surface area contributed by atoms with Crippen LogP contribution in [0.4, 0.5) is 0 Å². The van der Waals surface area contributed by atoms with Crippen LogP contribution in [0.2, 0.25) is 0 Å². The summed E-state index contributed by atoms with van der Waals surface area (Å²) in [5.74, 6) is -0.138. The second-order valence-electron chi connectivity index (χ2n) is 12.0. The highest BCUT2D eigenvalue weighted by molar-refractivity contribution is 5.95. The first kappa shape index (κ1) is 20.7. The number of hydrogen-bond donors (Lipinski definition) is 1. The Bertz CT molecular complexity index is 1040. The van der Waals surface area contributed by atoms with Gasteiger partial charge < -0.3 is 19.0 Å². The van der Waals surface area contributed by atoms with Crippen molar-refractivity contribution in [1.29, 1.82) is 0 Å². The molecule has 1 spiro atoms. The number of cyclic esters (lactones) is 1. The van der Waals surface area contributed by atoms with E-state index in [1.165, 1.54) is 0 Å². The summed E-state index contributed by atoms with van der Waals surface area (Å²) in [5, 5.41) is 11.8. The molecular weight excluding hydrogens is 408 g/mol. The Morgan fingerprint density at radius 2 is 1.81 bits per heavy atom. The maximum atomic E-state index is 13.0. The summed E-state index contributed by atoms with van der Waals surface area (Å²) in [5.41, 5.74) is -1.95. The quantitative estimate of drug-likeness (QED) is 0.525. The number of carbonyl (C=O) groups is 2. The summed E-state index contributed by atoms with van der Waals surface area (Å²) in [6, 6.07) is 1.85. The van der Waals surface area contributed by atoms with Gasteiger partial charge in [-0.2, -0.15) is 0 Å². The molecule has 4 fully saturated rings. The number of esters is 1. The van der Waals surface area contributed by atoms with E-state index in [0.717, 1.165) is 18.4 Å². The van der Waals surface area contributed by atoms with Gasteiger partial charge in [0, 0.05) is 21.8 Å². The van der Waals surface area contributed by atoms with Gasteiger partial charge in [-0.3, -0.25) is 4.79 Å². The third-order valence-electron chi connectivity index (χ3n) is 10.6. The van der Waals surface area contributed by atoms with Crippen molar-refractivity contribution in [1.82, 2.24) is 0 Å². The van der Waals surface area contributed by atoms with Gasteiger partial charge in [0.2, 0.25) is 0 Å². The lowest BCUT2D eigenvalue weighted by molar-refractivity contribution is -0.246. The normalized spacial score (nSPS) is 52.9. The molecule has 0 unspecified atom stereocenters. The minimum absolute atomic E-state index is 0.0266. The number of rotatable bonds is 1. The molecule has 5 aliphatic rings. The fourth-order valence-corrected chi connectivity index (χ4v) is 8.86. The smallest absolute Gasteiger partial charge is 0.339 e. The maximum Gasteiger partial charge on any atom is 0.339 e. The molecule has 6 heteroatoms. The van der Waals surface area contributed by atoms with Crippen LogP contribution in [-0.2, 0) is 19.1 Å². The van der Waals surface area contributed by atoms with Crippen molar-refractivity contribution in [2.75, 3.05) is 0 Å². The highest BCUT2D eigenvalue weighted by Crippen LogP contribution is 2.79. The fraction of sp³-hybridized carbons (Fsp3) is 0.692. The molecule has 3 heterocycles. The van der Waals surface area contributed by atoms with Gasteiger partial charge in [0.15, 0.2) is 11.9 Å². The predicted molar refractivity (Wildman–Crippen MR) is 114 cm³/mol. The third kappa shape index (κ3) is 1.98. The molecule has 0 amide bonds. The lowest BCUT2D eigenvalue weighted by atomic mass is 9.36. The molecule has 0 bridgehead atoms. The second kappa shape index (κ2) is 5.76. The number of ketones is 1. The predicted octanol–water partition coefficient (Wildman–Crippen LogP) is 3.99. The van der Waals surface area contributed by atoms with E-state index >= 15 is 0 Å². The molecule has 0 radical (unpaired) electrons. The van der Waals surface area contributed by atoms with Gasteiger partial charge >= 0.3 is 5.97 Å². The Morgan fingerprint density at radius 3 is 2.50 bits per heavy atom. The highest BCUT2D eigenvalue weighted by Gasteiger charge is 2.87.